The van der Waals surface area contributed by atoms with E-state index in [4.69, 9.17) is 11.6 Å². The summed E-state index contributed by atoms with van der Waals surface area (Å²) in [7, 11) is -3.93. The van der Waals surface area contributed by atoms with E-state index in [-0.39, 0.29) is 34.0 Å². The van der Waals surface area contributed by atoms with Crippen molar-refractivity contribution in [2.75, 3.05) is 4.72 Å². The molecule has 2 aromatic rings. The van der Waals surface area contributed by atoms with Gasteiger partial charge in [-0.15, -0.1) is 0 Å². The number of aryl methyl sites for hydroxylation is 1. The number of anilines is 1. The molecule has 3 nitrogen and oxygen atoms in total. The summed E-state index contributed by atoms with van der Waals surface area (Å²) < 4.78 is 43.0. The van der Waals surface area contributed by atoms with Crippen molar-refractivity contribution in [3.05, 3.63) is 57.1 Å². The summed E-state index contributed by atoms with van der Waals surface area (Å²) in [5.41, 5.74) is 3.89. The number of benzene rings is 2. The Labute approximate surface area is 179 Å². The maximum absolute atomic E-state index is 13.5. The smallest absolute Gasteiger partial charge is 0.262 e. The normalized spacial score (nSPS) is 12.3. The Morgan fingerprint density at radius 3 is 1.86 bits per heavy atom. The van der Waals surface area contributed by atoms with Gasteiger partial charge in [0.15, 0.2) is 0 Å². The molecule has 6 heteroatoms. The van der Waals surface area contributed by atoms with E-state index < -0.39 is 16.7 Å². The van der Waals surface area contributed by atoms with Crippen LogP contribution in [0.2, 0.25) is 5.02 Å². The van der Waals surface area contributed by atoms with Crippen molar-refractivity contribution in [3.63, 3.8) is 0 Å². The summed E-state index contributed by atoms with van der Waals surface area (Å²) in [5.74, 6) is 0.326. The van der Waals surface area contributed by atoms with E-state index in [0.29, 0.717) is 4.90 Å². The van der Waals surface area contributed by atoms with Crippen LogP contribution in [-0.2, 0) is 16.7 Å². The maximum atomic E-state index is 13.5. The van der Waals surface area contributed by atoms with Gasteiger partial charge in [-0.25, -0.2) is 12.8 Å². The van der Waals surface area contributed by atoms with Crippen LogP contribution in [0.4, 0.5) is 10.1 Å². The number of rotatable bonds is 7. The number of hydrogen-bond acceptors (Lipinski definition) is 2. The lowest BCUT2D eigenvalue weighted by Gasteiger charge is -2.23. The number of alkyl halides is 1. The van der Waals surface area contributed by atoms with E-state index in [0.717, 1.165) is 22.3 Å². The number of hydrogen-bond donors (Lipinski definition) is 1. The Bertz CT molecular complexity index is 969. The van der Waals surface area contributed by atoms with Crippen LogP contribution in [0.1, 0.15) is 87.1 Å². The minimum absolute atomic E-state index is 0.0205. The van der Waals surface area contributed by atoms with Gasteiger partial charge in [0.05, 0.1) is 15.6 Å². The molecule has 0 spiro atoms. The van der Waals surface area contributed by atoms with E-state index in [2.05, 4.69) is 18.6 Å². The third-order valence-electron chi connectivity index (χ3n) is 5.03. The van der Waals surface area contributed by atoms with Crippen LogP contribution >= 0.6 is 11.6 Å². The first-order chi connectivity index (χ1) is 13.4. The van der Waals surface area contributed by atoms with E-state index in [1.54, 1.807) is 19.1 Å². The second kappa shape index (κ2) is 9.05. The minimum atomic E-state index is -3.93. The highest BCUT2D eigenvalue weighted by Gasteiger charge is 2.28. The van der Waals surface area contributed by atoms with Crippen LogP contribution in [0.3, 0.4) is 0 Å². The van der Waals surface area contributed by atoms with Crippen molar-refractivity contribution in [1.82, 2.24) is 0 Å². The van der Waals surface area contributed by atoms with Gasteiger partial charge in [0.2, 0.25) is 0 Å². The Hall–Kier alpha value is -1.59. The Kier molecular flexibility index (Phi) is 7.39. The van der Waals surface area contributed by atoms with Gasteiger partial charge < -0.3 is 0 Å². The molecule has 0 unspecified atom stereocenters. The van der Waals surface area contributed by atoms with Crippen molar-refractivity contribution in [3.8, 4) is 0 Å². The van der Waals surface area contributed by atoms with Crippen LogP contribution in [0.5, 0.6) is 0 Å². The standard InChI is InChI=1S/C23H31ClFNO2S/c1-13(2)17-10-19(14(3)4)23(20(11-17)15(5)6)29(27,28)26-21-9-16(7)8-18(12-25)22(21)24/h8-11,13-15,26H,12H2,1-7H3. The molecule has 0 amide bonds. The first-order valence-corrected chi connectivity index (χ1v) is 11.8. The molecule has 0 saturated heterocycles. The zero-order valence-electron chi connectivity index (χ0n) is 18.2. The molecule has 0 atom stereocenters. The highest BCUT2D eigenvalue weighted by molar-refractivity contribution is 7.92. The topological polar surface area (TPSA) is 46.2 Å². The van der Waals surface area contributed by atoms with E-state index in [1.165, 1.54) is 0 Å². The Balaban J connectivity index is 2.74. The summed E-state index contributed by atoms with van der Waals surface area (Å²) in [5, 5.41) is 0.0951. The first-order valence-electron chi connectivity index (χ1n) is 9.94. The average molecular weight is 440 g/mol. The van der Waals surface area contributed by atoms with Gasteiger partial charge in [-0.1, -0.05) is 71.3 Å². The lowest BCUT2D eigenvalue weighted by molar-refractivity contribution is 0.485. The zero-order valence-corrected chi connectivity index (χ0v) is 19.8. The van der Waals surface area contributed by atoms with Gasteiger partial charge in [0, 0.05) is 5.56 Å². The van der Waals surface area contributed by atoms with Crippen molar-refractivity contribution in [1.29, 1.82) is 0 Å². The van der Waals surface area contributed by atoms with E-state index in [9.17, 15) is 12.8 Å². The fraction of sp³-hybridized carbons (Fsp3) is 0.478. The molecule has 29 heavy (non-hydrogen) atoms. The van der Waals surface area contributed by atoms with Crippen molar-refractivity contribution < 1.29 is 12.8 Å². The van der Waals surface area contributed by atoms with Gasteiger partial charge in [0.1, 0.15) is 6.67 Å². The van der Waals surface area contributed by atoms with Crippen LogP contribution < -0.4 is 4.72 Å². The maximum Gasteiger partial charge on any atom is 0.262 e. The predicted octanol–water partition coefficient (Wildman–Crippen LogP) is 7.29. The number of nitrogens with one attached hydrogen (secondary N) is 1. The highest BCUT2D eigenvalue weighted by Crippen LogP contribution is 2.37. The molecule has 0 bridgehead atoms. The summed E-state index contributed by atoms with van der Waals surface area (Å²) in [4.78, 5) is 0.297. The van der Waals surface area contributed by atoms with E-state index >= 15 is 0 Å². The van der Waals surface area contributed by atoms with Gasteiger partial charge in [-0.3, -0.25) is 4.72 Å². The summed E-state index contributed by atoms with van der Waals surface area (Å²) in [6.07, 6.45) is 0. The van der Waals surface area contributed by atoms with E-state index in [1.807, 2.05) is 39.8 Å². The molecule has 2 rings (SSSR count). The predicted molar refractivity (Wildman–Crippen MR) is 121 cm³/mol. The summed E-state index contributed by atoms with van der Waals surface area (Å²) in [6.45, 7) is 13.2. The lowest BCUT2D eigenvalue weighted by atomic mass is 9.89. The monoisotopic (exact) mass is 439 g/mol. The molecule has 0 heterocycles. The highest BCUT2D eigenvalue weighted by atomic mass is 35.5. The SMILES string of the molecule is Cc1cc(CF)c(Cl)c(NS(=O)(=O)c2c(C(C)C)cc(C(C)C)cc2C(C)C)c1. The Morgan fingerprint density at radius 1 is 0.931 bits per heavy atom. The molecule has 0 aliphatic rings. The zero-order chi connectivity index (χ0) is 22.1. The second-order valence-corrected chi connectivity index (χ2v) is 10.5. The van der Waals surface area contributed by atoms with Crippen LogP contribution in [0, 0.1) is 6.92 Å². The van der Waals surface area contributed by atoms with Gasteiger partial charge in [-0.2, -0.15) is 0 Å². The quantitative estimate of drug-likeness (QED) is 0.492. The second-order valence-electron chi connectivity index (χ2n) is 8.52. The molecule has 0 radical (unpaired) electrons. The fourth-order valence-corrected chi connectivity index (χ4v) is 5.44. The van der Waals surface area contributed by atoms with Gasteiger partial charge in [0.25, 0.3) is 10.0 Å². The summed E-state index contributed by atoms with van der Waals surface area (Å²) >= 11 is 6.28. The third-order valence-corrected chi connectivity index (χ3v) is 6.97. The lowest BCUT2D eigenvalue weighted by Crippen LogP contribution is -2.19. The Morgan fingerprint density at radius 2 is 1.45 bits per heavy atom. The largest absolute Gasteiger partial charge is 0.278 e. The van der Waals surface area contributed by atoms with Crippen molar-refractivity contribution in [2.24, 2.45) is 0 Å². The minimum Gasteiger partial charge on any atom is -0.278 e. The molecule has 0 aromatic heterocycles. The van der Waals surface area contributed by atoms with Crippen LogP contribution in [0.25, 0.3) is 0 Å². The molecular formula is C23H31ClFNO2S. The fourth-order valence-electron chi connectivity index (χ4n) is 3.41. The van der Waals surface area contributed by atoms with Crippen molar-refractivity contribution >= 4 is 27.3 Å². The molecule has 0 saturated carbocycles. The molecule has 0 fully saturated rings. The molecule has 0 aliphatic carbocycles. The first kappa shape index (κ1) is 23.7. The molecule has 2 aromatic carbocycles. The third kappa shape index (κ3) is 5.13. The molecule has 160 valence electrons. The average Bonchev–Trinajstić information content (AvgIpc) is 2.62. The molecule has 1 N–H and O–H groups in total. The van der Waals surface area contributed by atoms with Crippen LogP contribution in [0.15, 0.2) is 29.2 Å². The molecular weight excluding hydrogens is 409 g/mol. The van der Waals surface area contributed by atoms with Gasteiger partial charge in [-0.05, 0) is 53.0 Å². The summed E-state index contributed by atoms with van der Waals surface area (Å²) in [6, 6.07) is 7.23. The molecule has 0 aliphatic heterocycles. The number of halogens is 2. The van der Waals surface area contributed by atoms with Crippen molar-refractivity contribution in [2.45, 2.75) is 77.8 Å². The van der Waals surface area contributed by atoms with Gasteiger partial charge >= 0.3 is 0 Å². The van der Waals surface area contributed by atoms with Crippen LogP contribution in [-0.4, -0.2) is 8.42 Å². The number of sulfonamides is 1.